The summed E-state index contributed by atoms with van der Waals surface area (Å²) in [5, 5.41) is 9.68. The highest BCUT2D eigenvalue weighted by Gasteiger charge is 2.26. The number of likely N-dealkylation sites (N-methyl/N-ethyl adjacent to an activating group) is 1. The minimum atomic E-state index is -0.150. The van der Waals surface area contributed by atoms with Crippen molar-refractivity contribution in [3.05, 3.63) is 59.8 Å². The number of hydrogen-bond acceptors (Lipinski definition) is 9. The molecule has 43 heavy (non-hydrogen) atoms. The van der Waals surface area contributed by atoms with Gasteiger partial charge in [-0.3, -0.25) is 9.59 Å². The molecule has 2 aliphatic heterocycles. The van der Waals surface area contributed by atoms with Crippen LogP contribution in [0.2, 0.25) is 0 Å². The summed E-state index contributed by atoms with van der Waals surface area (Å²) in [6.45, 7) is 2.92. The molecule has 4 heterocycles. The number of anilines is 2. The van der Waals surface area contributed by atoms with Crippen LogP contribution in [-0.2, 0) is 4.74 Å². The second kappa shape index (κ2) is 12.3. The van der Waals surface area contributed by atoms with E-state index >= 15 is 0 Å². The summed E-state index contributed by atoms with van der Waals surface area (Å²) in [5.41, 5.74) is 4.02. The fraction of sp³-hybridized carbons (Fsp3) is 0.355. The molecule has 0 radical (unpaired) electrons. The number of aromatic amines is 1. The van der Waals surface area contributed by atoms with Crippen LogP contribution < -0.4 is 25.4 Å². The second-order valence-electron chi connectivity index (χ2n) is 10.8. The van der Waals surface area contributed by atoms with Crippen LogP contribution in [0.25, 0.3) is 22.2 Å². The molecule has 2 aromatic carbocycles. The van der Waals surface area contributed by atoms with E-state index in [0.717, 1.165) is 42.4 Å². The normalized spacial score (nSPS) is 16.0. The summed E-state index contributed by atoms with van der Waals surface area (Å²) < 4.78 is 17.6. The van der Waals surface area contributed by atoms with Gasteiger partial charge in [0.15, 0.2) is 0 Å². The molecule has 6 rings (SSSR count). The molecule has 0 unspecified atom stereocenters. The zero-order valence-electron chi connectivity index (χ0n) is 24.4. The number of aromatic nitrogens is 3. The topological polar surface area (TPSA) is 143 Å². The van der Waals surface area contributed by atoms with Crippen LogP contribution in [0.4, 0.5) is 11.6 Å². The molecule has 224 valence electrons. The predicted molar refractivity (Wildman–Crippen MR) is 162 cm³/mol. The lowest BCUT2D eigenvalue weighted by Crippen LogP contribution is -2.57. The zero-order valence-corrected chi connectivity index (χ0v) is 24.4. The van der Waals surface area contributed by atoms with Crippen molar-refractivity contribution in [2.45, 2.75) is 25.0 Å². The molecule has 4 N–H and O–H groups in total. The fourth-order valence-corrected chi connectivity index (χ4v) is 5.38. The highest BCUT2D eigenvalue weighted by atomic mass is 16.5. The maximum absolute atomic E-state index is 12.8. The van der Waals surface area contributed by atoms with Crippen molar-refractivity contribution < 1.29 is 23.8 Å². The first-order chi connectivity index (χ1) is 20.9. The number of methoxy groups -OCH3 is 1. The number of carbonyl (C=O) groups is 2. The Kier molecular flexibility index (Phi) is 8.12. The number of benzene rings is 2. The Hall–Kier alpha value is -4.68. The molecule has 12 nitrogen and oxygen atoms in total. The van der Waals surface area contributed by atoms with Crippen LogP contribution in [0.3, 0.4) is 0 Å². The van der Waals surface area contributed by atoms with E-state index in [4.69, 9.17) is 24.2 Å². The molecule has 0 saturated carbocycles. The van der Waals surface area contributed by atoms with Gasteiger partial charge in [-0.05, 0) is 42.9 Å². The van der Waals surface area contributed by atoms with Crippen LogP contribution in [0, 0.1) is 0 Å². The number of ether oxygens (including phenoxy) is 3. The highest BCUT2D eigenvalue weighted by Crippen LogP contribution is 2.37. The minimum absolute atomic E-state index is 0.0548. The average molecular weight is 586 g/mol. The quantitative estimate of drug-likeness (QED) is 0.233. The molecule has 0 atom stereocenters. The summed E-state index contributed by atoms with van der Waals surface area (Å²) in [6.07, 6.45) is 3.32. The molecule has 2 amide bonds. The maximum Gasteiger partial charge on any atom is 0.251 e. The highest BCUT2D eigenvalue weighted by molar-refractivity contribution is 5.99. The number of likely N-dealkylation sites (tertiary alicyclic amines) is 1. The Bertz CT molecular complexity index is 1630. The van der Waals surface area contributed by atoms with Crippen molar-refractivity contribution in [3.63, 3.8) is 0 Å². The van der Waals surface area contributed by atoms with Gasteiger partial charge in [-0.2, -0.15) is 9.97 Å². The fourth-order valence-electron chi connectivity index (χ4n) is 5.38. The van der Waals surface area contributed by atoms with E-state index in [1.165, 1.54) is 0 Å². The van der Waals surface area contributed by atoms with Crippen molar-refractivity contribution in [1.29, 1.82) is 0 Å². The molecule has 12 heteroatoms. The molecule has 0 aliphatic carbocycles. The van der Waals surface area contributed by atoms with Gasteiger partial charge >= 0.3 is 0 Å². The van der Waals surface area contributed by atoms with Gasteiger partial charge < -0.3 is 40.0 Å². The molecule has 0 bridgehead atoms. The van der Waals surface area contributed by atoms with Gasteiger partial charge in [0.2, 0.25) is 11.8 Å². The van der Waals surface area contributed by atoms with Crippen LogP contribution in [0.5, 0.6) is 11.6 Å². The van der Waals surface area contributed by atoms with E-state index in [0.29, 0.717) is 53.3 Å². The summed E-state index contributed by atoms with van der Waals surface area (Å²) in [6, 6.07) is 12.7. The summed E-state index contributed by atoms with van der Waals surface area (Å²) in [7, 11) is 5.18. The van der Waals surface area contributed by atoms with E-state index in [1.54, 1.807) is 44.5 Å². The van der Waals surface area contributed by atoms with Crippen LogP contribution in [0.1, 0.15) is 33.6 Å². The third kappa shape index (κ3) is 6.11. The van der Waals surface area contributed by atoms with E-state index in [9.17, 15) is 9.59 Å². The van der Waals surface area contributed by atoms with Gasteiger partial charge in [0, 0.05) is 55.9 Å². The number of amides is 2. The summed E-state index contributed by atoms with van der Waals surface area (Å²) in [5.74, 6) is 0.938. The average Bonchev–Trinajstić information content (AvgIpc) is 3.45. The van der Waals surface area contributed by atoms with E-state index in [1.807, 2.05) is 25.4 Å². The van der Waals surface area contributed by atoms with Crippen molar-refractivity contribution in [2.24, 2.45) is 0 Å². The molecule has 0 spiro atoms. The van der Waals surface area contributed by atoms with Gasteiger partial charge in [-0.15, -0.1) is 0 Å². The van der Waals surface area contributed by atoms with Crippen LogP contribution in [0.15, 0.2) is 48.7 Å². The Morgan fingerprint density at radius 3 is 2.47 bits per heavy atom. The van der Waals surface area contributed by atoms with Gasteiger partial charge in [0.05, 0.1) is 37.4 Å². The molecule has 2 aromatic heterocycles. The molecule has 2 fully saturated rings. The molecule has 4 aromatic rings. The van der Waals surface area contributed by atoms with Crippen molar-refractivity contribution in [1.82, 2.24) is 30.5 Å². The summed E-state index contributed by atoms with van der Waals surface area (Å²) >= 11 is 0. The first-order valence-electron chi connectivity index (χ1n) is 14.3. The first-order valence-corrected chi connectivity index (χ1v) is 14.3. The number of H-pyrrole nitrogens is 1. The first kappa shape index (κ1) is 28.4. The lowest BCUT2D eigenvalue weighted by molar-refractivity contribution is 0.0244. The summed E-state index contributed by atoms with van der Waals surface area (Å²) in [4.78, 5) is 39.8. The molecule has 2 saturated heterocycles. The number of hydrogen-bond donors (Lipinski definition) is 4. The van der Waals surface area contributed by atoms with Gasteiger partial charge in [-0.25, -0.2) is 0 Å². The van der Waals surface area contributed by atoms with Gasteiger partial charge in [-0.1, -0.05) is 12.1 Å². The monoisotopic (exact) mass is 585 g/mol. The minimum Gasteiger partial charge on any atom is -0.495 e. The Morgan fingerprint density at radius 1 is 1.02 bits per heavy atom. The van der Waals surface area contributed by atoms with Crippen LogP contribution in [-0.4, -0.2) is 91.3 Å². The predicted octanol–water partition coefficient (Wildman–Crippen LogP) is 3.34. The second-order valence-corrected chi connectivity index (χ2v) is 10.8. The number of fused-ring (bicyclic) bond motifs is 1. The van der Waals surface area contributed by atoms with E-state index < -0.39 is 0 Å². The maximum atomic E-state index is 12.8. The van der Waals surface area contributed by atoms with E-state index in [2.05, 4.69) is 25.8 Å². The number of rotatable bonds is 9. The lowest BCUT2D eigenvalue weighted by Gasteiger charge is -2.36. The standard InChI is InChI=1S/C31H35N7O5/c1-32-28(39)19-6-4-18(5-7-19)23-15-33-27-26(23)30(43-22-10-12-42-13-11-22)37-31(36-27)35-24-9-8-20(14-25(24)41-3)29(40)34-21-16-38(2)17-21/h4-9,14-15,21-22H,10-13,16-17H2,1-3H3,(H,32,39)(H,34,40)(H2,33,35,36,37). The Balaban J connectivity index is 1.31. The van der Waals surface area contributed by atoms with Gasteiger partial charge in [0.1, 0.15) is 17.5 Å². The third-order valence-corrected chi connectivity index (χ3v) is 7.74. The smallest absolute Gasteiger partial charge is 0.251 e. The number of nitrogens with one attached hydrogen (secondary N) is 4. The van der Waals surface area contributed by atoms with Crippen molar-refractivity contribution in [3.8, 4) is 22.8 Å². The van der Waals surface area contributed by atoms with E-state index in [-0.39, 0.29) is 24.0 Å². The van der Waals surface area contributed by atoms with Crippen molar-refractivity contribution >= 4 is 34.5 Å². The lowest BCUT2D eigenvalue weighted by atomic mass is 10.0. The SMILES string of the molecule is CNC(=O)c1ccc(-c2c[nH]c3nc(Nc4ccc(C(=O)NC5CN(C)C5)cc4OC)nc(OC4CCOCC4)c23)cc1. The zero-order chi connectivity index (χ0) is 29.9. The number of carbonyl (C=O) groups excluding carboxylic acids is 2. The van der Waals surface area contributed by atoms with Crippen LogP contribution >= 0.6 is 0 Å². The molecular weight excluding hydrogens is 550 g/mol. The Morgan fingerprint density at radius 2 is 1.77 bits per heavy atom. The Labute approximate surface area is 249 Å². The number of nitrogens with zero attached hydrogens (tertiary/aromatic N) is 3. The van der Waals surface area contributed by atoms with Gasteiger partial charge in [0.25, 0.3) is 11.8 Å². The molecular formula is C31H35N7O5. The largest absolute Gasteiger partial charge is 0.495 e. The third-order valence-electron chi connectivity index (χ3n) is 7.74. The van der Waals surface area contributed by atoms with Crippen molar-refractivity contribution in [2.75, 3.05) is 52.8 Å². The molecule has 2 aliphatic rings.